The molecule has 1 aliphatic heterocycles. The minimum Gasteiger partial charge on any atom is -0.329 e. The molecule has 0 radical (unpaired) electrons. The Hall–Kier alpha value is -3.13. The lowest BCUT2D eigenvalue weighted by Crippen LogP contribution is -2.38. The van der Waals surface area contributed by atoms with E-state index >= 15 is 0 Å². The Balaban J connectivity index is 1.56. The molecule has 1 N–H and O–H groups in total. The maximum absolute atomic E-state index is 13.0. The van der Waals surface area contributed by atoms with E-state index in [9.17, 15) is 4.79 Å². The summed E-state index contributed by atoms with van der Waals surface area (Å²) in [5.41, 5.74) is 2.78. The highest BCUT2D eigenvalue weighted by molar-refractivity contribution is 7.15. The fraction of sp³-hybridized carbons (Fsp3) is 0.348. The number of rotatable bonds is 5. The van der Waals surface area contributed by atoms with Crippen molar-refractivity contribution < 1.29 is 4.79 Å². The summed E-state index contributed by atoms with van der Waals surface area (Å²) < 4.78 is 0. The molecular formula is C23H26N6OS. The predicted molar refractivity (Wildman–Crippen MR) is 123 cm³/mol. The Labute approximate surface area is 186 Å². The van der Waals surface area contributed by atoms with Crippen LogP contribution in [0.25, 0.3) is 6.08 Å². The Kier molecular flexibility index (Phi) is 6.36. The average Bonchev–Trinajstić information content (AvgIpc) is 3.09. The first kappa shape index (κ1) is 21.1. The minimum absolute atomic E-state index is 0.0284. The number of piperidine rings is 1. The SMILES string of the molecule is Cc1cc(Nc2nc(C)c(C)s2)nc([C@@H]2CCCCN2C(=O)/C=C/c2cccnc2)n1. The number of carbonyl (C=O) groups is 1. The summed E-state index contributed by atoms with van der Waals surface area (Å²) >= 11 is 1.61. The molecule has 1 amide bonds. The number of hydrogen-bond donors (Lipinski definition) is 1. The molecule has 0 aromatic carbocycles. The number of likely N-dealkylation sites (tertiary alicyclic amines) is 1. The van der Waals surface area contributed by atoms with E-state index < -0.39 is 0 Å². The average molecular weight is 435 g/mol. The van der Waals surface area contributed by atoms with E-state index in [0.717, 1.165) is 41.3 Å². The second-order valence-electron chi connectivity index (χ2n) is 7.70. The Bertz CT molecular complexity index is 1080. The van der Waals surface area contributed by atoms with E-state index in [0.29, 0.717) is 18.2 Å². The molecule has 4 rings (SSSR count). The molecule has 0 bridgehead atoms. The number of aromatic nitrogens is 4. The third kappa shape index (κ3) is 5.14. The van der Waals surface area contributed by atoms with Crippen molar-refractivity contribution in [3.05, 3.63) is 64.3 Å². The van der Waals surface area contributed by atoms with Crippen LogP contribution in [0, 0.1) is 20.8 Å². The van der Waals surface area contributed by atoms with E-state index in [-0.39, 0.29) is 11.9 Å². The maximum Gasteiger partial charge on any atom is 0.247 e. The van der Waals surface area contributed by atoms with Crippen LogP contribution in [0.15, 0.2) is 36.7 Å². The van der Waals surface area contributed by atoms with Gasteiger partial charge in [0.05, 0.1) is 11.7 Å². The monoisotopic (exact) mass is 434 g/mol. The summed E-state index contributed by atoms with van der Waals surface area (Å²) in [4.78, 5) is 34.1. The van der Waals surface area contributed by atoms with Crippen molar-refractivity contribution in [2.45, 2.75) is 46.1 Å². The standard InChI is InChI=1S/C23H26N6OS/c1-15-13-20(28-23-26-16(2)17(3)31-23)27-22(25-15)19-8-4-5-12-29(19)21(30)10-9-18-7-6-11-24-14-18/h6-7,9-11,13-14,19H,4-5,8,12H2,1-3H3,(H,25,26,27,28)/b10-9+/t19-/m0/s1. The van der Waals surface area contributed by atoms with Crippen molar-refractivity contribution in [1.29, 1.82) is 0 Å². The van der Waals surface area contributed by atoms with E-state index in [1.165, 1.54) is 4.88 Å². The number of amides is 1. The van der Waals surface area contributed by atoms with Gasteiger partial charge in [-0.1, -0.05) is 6.07 Å². The second kappa shape index (κ2) is 9.34. The van der Waals surface area contributed by atoms with Crippen molar-refractivity contribution in [2.75, 3.05) is 11.9 Å². The van der Waals surface area contributed by atoms with E-state index in [1.54, 1.807) is 35.9 Å². The van der Waals surface area contributed by atoms with Gasteiger partial charge >= 0.3 is 0 Å². The van der Waals surface area contributed by atoms with Crippen LogP contribution in [0.2, 0.25) is 0 Å². The van der Waals surface area contributed by atoms with E-state index in [1.807, 2.05) is 36.9 Å². The smallest absolute Gasteiger partial charge is 0.247 e. The first-order chi connectivity index (χ1) is 15.0. The van der Waals surface area contributed by atoms with Gasteiger partial charge in [-0.2, -0.15) is 0 Å². The van der Waals surface area contributed by atoms with Crippen molar-refractivity contribution in [3.8, 4) is 0 Å². The summed E-state index contributed by atoms with van der Waals surface area (Å²) in [6, 6.07) is 5.55. The van der Waals surface area contributed by atoms with Crippen molar-refractivity contribution >= 4 is 34.3 Å². The third-order valence-electron chi connectivity index (χ3n) is 5.32. The molecule has 0 unspecified atom stereocenters. The molecule has 1 fully saturated rings. The zero-order chi connectivity index (χ0) is 21.8. The predicted octanol–water partition coefficient (Wildman–Crippen LogP) is 4.76. The second-order valence-corrected chi connectivity index (χ2v) is 8.90. The number of nitrogens with zero attached hydrogens (tertiary/aromatic N) is 5. The maximum atomic E-state index is 13.0. The first-order valence-corrected chi connectivity index (χ1v) is 11.3. The van der Waals surface area contributed by atoms with Crippen molar-refractivity contribution in [2.24, 2.45) is 0 Å². The van der Waals surface area contributed by atoms with Crippen LogP contribution in [0.1, 0.15) is 53.0 Å². The molecule has 7 nitrogen and oxygen atoms in total. The van der Waals surface area contributed by atoms with Crippen LogP contribution in [0.3, 0.4) is 0 Å². The van der Waals surface area contributed by atoms with Gasteiger partial charge in [0.25, 0.3) is 0 Å². The zero-order valence-corrected chi connectivity index (χ0v) is 18.8. The highest BCUT2D eigenvalue weighted by Crippen LogP contribution is 2.31. The van der Waals surface area contributed by atoms with Gasteiger partial charge in [0, 0.05) is 41.7 Å². The first-order valence-electron chi connectivity index (χ1n) is 10.4. The summed E-state index contributed by atoms with van der Waals surface area (Å²) in [5.74, 6) is 1.36. The molecule has 31 heavy (non-hydrogen) atoms. The minimum atomic E-state index is -0.139. The number of thiazole rings is 1. The van der Waals surface area contributed by atoms with Crippen LogP contribution in [-0.2, 0) is 4.79 Å². The molecule has 8 heteroatoms. The molecule has 1 saturated heterocycles. The summed E-state index contributed by atoms with van der Waals surface area (Å²) in [6.45, 7) is 6.70. The van der Waals surface area contributed by atoms with Gasteiger partial charge in [0.15, 0.2) is 11.0 Å². The van der Waals surface area contributed by atoms with Crippen LogP contribution in [0.4, 0.5) is 10.9 Å². The molecule has 4 heterocycles. The van der Waals surface area contributed by atoms with Gasteiger partial charge < -0.3 is 10.2 Å². The molecule has 1 aliphatic rings. The number of hydrogen-bond acceptors (Lipinski definition) is 7. The Morgan fingerprint density at radius 2 is 2.10 bits per heavy atom. The van der Waals surface area contributed by atoms with Gasteiger partial charge in [-0.3, -0.25) is 9.78 Å². The van der Waals surface area contributed by atoms with Crippen LogP contribution < -0.4 is 5.32 Å². The molecule has 160 valence electrons. The van der Waals surface area contributed by atoms with Gasteiger partial charge in [-0.05, 0) is 57.7 Å². The summed E-state index contributed by atoms with van der Waals surface area (Å²) in [6.07, 6.45) is 9.76. The quantitative estimate of drug-likeness (QED) is 0.583. The summed E-state index contributed by atoms with van der Waals surface area (Å²) in [7, 11) is 0. The van der Waals surface area contributed by atoms with Gasteiger partial charge in [-0.15, -0.1) is 11.3 Å². The van der Waals surface area contributed by atoms with Crippen molar-refractivity contribution in [3.63, 3.8) is 0 Å². The lowest BCUT2D eigenvalue weighted by atomic mass is 10.0. The fourth-order valence-electron chi connectivity index (χ4n) is 3.64. The number of nitrogens with one attached hydrogen (secondary N) is 1. The third-order valence-corrected chi connectivity index (χ3v) is 6.31. The highest BCUT2D eigenvalue weighted by Gasteiger charge is 2.29. The molecule has 3 aromatic heterocycles. The normalized spacial score (nSPS) is 16.6. The largest absolute Gasteiger partial charge is 0.329 e. The lowest BCUT2D eigenvalue weighted by molar-refractivity contribution is -0.129. The number of anilines is 2. The van der Waals surface area contributed by atoms with Gasteiger partial charge in [0.1, 0.15) is 5.82 Å². The molecule has 0 aliphatic carbocycles. The van der Waals surface area contributed by atoms with E-state index in [2.05, 4.69) is 27.2 Å². The fourth-order valence-corrected chi connectivity index (χ4v) is 4.46. The van der Waals surface area contributed by atoms with Gasteiger partial charge in [-0.25, -0.2) is 15.0 Å². The zero-order valence-electron chi connectivity index (χ0n) is 18.0. The molecule has 0 saturated carbocycles. The van der Waals surface area contributed by atoms with Crippen LogP contribution in [-0.4, -0.2) is 37.3 Å². The van der Waals surface area contributed by atoms with Crippen molar-refractivity contribution in [1.82, 2.24) is 24.8 Å². The van der Waals surface area contributed by atoms with Crippen LogP contribution in [0.5, 0.6) is 0 Å². The Morgan fingerprint density at radius 1 is 1.23 bits per heavy atom. The number of carbonyl (C=O) groups excluding carboxylic acids is 1. The van der Waals surface area contributed by atoms with E-state index in [4.69, 9.17) is 4.98 Å². The molecular weight excluding hydrogens is 408 g/mol. The highest BCUT2D eigenvalue weighted by atomic mass is 32.1. The Morgan fingerprint density at radius 3 is 2.84 bits per heavy atom. The summed E-state index contributed by atoms with van der Waals surface area (Å²) in [5, 5.41) is 4.12. The van der Waals surface area contributed by atoms with Crippen LogP contribution >= 0.6 is 11.3 Å². The molecule has 0 spiro atoms. The topological polar surface area (TPSA) is 83.9 Å². The number of pyridine rings is 1. The molecule has 3 aromatic rings. The van der Waals surface area contributed by atoms with Gasteiger partial charge in [0.2, 0.25) is 5.91 Å². The molecule has 1 atom stereocenters. The lowest BCUT2D eigenvalue weighted by Gasteiger charge is -2.34. The number of aryl methyl sites for hydroxylation is 3.